The Kier molecular flexibility index (Phi) is 4.71. The molecule has 2 aromatic rings. The standard InChI is InChI=1S/C14H11Br2NO2/c1-9-4-12(16)5-10(7-18)14(9)19-8-13-3-2-11(15)6-17-13/h2-7H,8H2,1H3. The van der Waals surface area contributed by atoms with Gasteiger partial charge in [0, 0.05) is 15.1 Å². The normalized spacial score (nSPS) is 10.3. The summed E-state index contributed by atoms with van der Waals surface area (Å²) in [5.41, 5.74) is 2.25. The van der Waals surface area contributed by atoms with Crippen molar-refractivity contribution in [3.63, 3.8) is 0 Å². The van der Waals surface area contributed by atoms with Crippen molar-refractivity contribution < 1.29 is 9.53 Å². The van der Waals surface area contributed by atoms with Crippen LogP contribution in [0.4, 0.5) is 0 Å². The number of aldehydes is 1. The van der Waals surface area contributed by atoms with E-state index in [1.807, 2.05) is 25.1 Å². The number of aromatic nitrogens is 1. The Morgan fingerprint density at radius 1 is 1.26 bits per heavy atom. The van der Waals surface area contributed by atoms with Gasteiger partial charge in [0.25, 0.3) is 0 Å². The van der Waals surface area contributed by atoms with Crippen LogP contribution in [0.5, 0.6) is 5.75 Å². The number of carbonyl (C=O) groups excluding carboxylic acids is 1. The van der Waals surface area contributed by atoms with Crippen LogP contribution in [-0.2, 0) is 6.61 Å². The van der Waals surface area contributed by atoms with Crippen LogP contribution in [0.3, 0.4) is 0 Å². The van der Waals surface area contributed by atoms with Crippen molar-refractivity contribution in [2.75, 3.05) is 0 Å². The van der Waals surface area contributed by atoms with Crippen molar-refractivity contribution in [3.8, 4) is 5.75 Å². The van der Waals surface area contributed by atoms with Gasteiger partial charge >= 0.3 is 0 Å². The quantitative estimate of drug-likeness (QED) is 0.737. The molecule has 2 rings (SSSR count). The second-order valence-electron chi connectivity index (χ2n) is 4.02. The average molecular weight is 385 g/mol. The zero-order valence-electron chi connectivity index (χ0n) is 10.2. The first-order chi connectivity index (χ1) is 9.10. The lowest BCUT2D eigenvalue weighted by molar-refractivity contribution is 0.111. The van der Waals surface area contributed by atoms with Gasteiger partial charge in [-0.25, -0.2) is 0 Å². The summed E-state index contributed by atoms with van der Waals surface area (Å²) in [6.45, 7) is 2.23. The molecule has 3 nitrogen and oxygen atoms in total. The van der Waals surface area contributed by atoms with Gasteiger partial charge in [-0.1, -0.05) is 15.9 Å². The predicted molar refractivity (Wildman–Crippen MR) is 80.5 cm³/mol. The molecule has 0 radical (unpaired) electrons. The molecule has 98 valence electrons. The van der Waals surface area contributed by atoms with Gasteiger partial charge in [-0.2, -0.15) is 0 Å². The minimum atomic E-state index is 0.330. The molecule has 0 saturated carbocycles. The first kappa shape index (κ1) is 14.2. The highest BCUT2D eigenvalue weighted by Gasteiger charge is 2.09. The Hall–Kier alpha value is -1.20. The summed E-state index contributed by atoms with van der Waals surface area (Å²) in [5.74, 6) is 0.600. The summed E-state index contributed by atoms with van der Waals surface area (Å²) in [5, 5.41) is 0. The molecule has 0 bridgehead atoms. The van der Waals surface area contributed by atoms with Crippen LogP contribution < -0.4 is 4.74 Å². The second kappa shape index (κ2) is 6.30. The molecular weight excluding hydrogens is 374 g/mol. The van der Waals surface area contributed by atoms with Crippen LogP contribution in [0.2, 0.25) is 0 Å². The molecule has 0 amide bonds. The Labute approximate surface area is 128 Å². The largest absolute Gasteiger partial charge is 0.486 e. The number of ether oxygens (including phenoxy) is 1. The van der Waals surface area contributed by atoms with Gasteiger partial charge in [0.1, 0.15) is 12.4 Å². The summed E-state index contributed by atoms with van der Waals surface area (Å²) in [4.78, 5) is 15.3. The Morgan fingerprint density at radius 3 is 2.68 bits per heavy atom. The van der Waals surface area contributed by atoms with E-state index in [-0.39, 0.29) is 0 Å². The van der Waals surface area contributed by atoms with Crippen LogP contribution >= 0.6 is 31.9 Å². The summed E-state index contributed by atoms with van der Waals surface area (Å²) < 4.78 is 7.49. The zero-order valence-corrected chi connectivity index (χ0v) is 13.4. The van der Waals surface area contributed by atoms with Crippen molar-refractivity contribution in [1.82, 2.24) is 4.98 Å². The fraction of sp³-hybridized carbons (Fsp3) is 0.143. The number of benzene rings is 1. The molecule has 19 heavy (non-hydrogen) atoms. The number of hydrogen-bond donors (Lipinski definition) is 0. The number of halogens is 2. The van der Waals surface area contributed by atoms with Crippen LogP contribution in [0.25, 0.3) is 0 Å². The van der Waals surface area contributed by atoms with Gasteiger partial charge < -0.3 is 4.74 Å². The second-order valence-corrected chi connectivity index (χ2v) is 5.85. The number of hydrogen-bond acceptors (Lipinski definition) is 3. The number of pyridine rings is 1. The van der Waals surface area contributed by atoms with E-state index in [2.05, 4.69) is 36.8 Å². The fourth-order valence-electron chi connectivity index (χ4n) is 1.68. The van der Waals surface area contributed by atoms with E-state index in [1.54, 1.807) is 12.3 Å². The van der Waals surface area contributed by atoms with Crippen LogP contribution in [-0.4, -0.2) is 11.3 Å². The smallest absolute Gasteiger partial charge is 0.153 e. The first-order valence-electron chi connectivity index (χ1n) is 5.58. The molecule has 0 aliphatic rings. The molecule has 1 aromatic heterocycles. The molecule has 1 aromatic carbocycles. The van der Waals surface area contributed by atoms with Gasteiger partial charge in [0.15, 0.2) is 6.29 Å². The van der Waals surface area contributed by atoms with E-state index in [1.165, 1.54) is 0 Å². The molecule has 0 saturated heterocycles. The Balaban J connectivity index is 2.19. The maximum atomic E-state index is 11.1. The third-order valence-corrected chi connectivity index (χ3v) is 3.48. The van der Waals surface area contributed by atoms with Crippen molar-refractivity contribution >= 4 is 38.1 Å². The lowest BCUT2D eigenvalue weighted by Gasteiger charge is -2.11. The van der Waals surface area contributed by atoms with E-state index in [0.717, 1.165) is 26.5 Å². The first-order valence-corrected chi connectivity index (χ1v) is 7.17. The molecule has 0 unspecified atom stereocenters. The summed E-state index contributed by atoms with van der Waals surface area (Å²) >= 11 is 6.69. The summed E-state index contributed by atoms with van der Waals surface area (Å²) in [6, 6.07) is 7.43. The third kappa shape index (κ3) is 3.64. The third-order valence-electron chi connectivity index (χ3n) is 2.55. The van der Waals surface area contributed by atoms with Crippen molar-refractivity contribution in [3.05, 3.63) is 56.2 Å². The van der Waals surface area contributed by atoms with Gasteiger partial charge in [-0.15, -0.1) is 0 Å². The minimum absolute atomic E-state index is 0.330. The number of carbonyl (C=O) groups is 1. The molecule has 0 N–H and O–H groups in total. The lowest BCUT2D eigenvalue weighted by atomic mass is 10.1. The molecular formula is C14H11Br2NO2. The van der Waals surface area contributed by atoms with E-state index in [9.17, 15) is 4.79 Å². The maximum absolute atomic E-state index is 11.1. The van der Waals surface area contributed by atoms with E-state index in [0.29, 0.717) is 17.9 Å². The number of nitrogens with zero attached hydrogens (tertiary/aromatic N) is 1. The highest BCUT2D eigenvalue weighted by Crippen LogP contribution is 2.27. The van der Waals surface area contributed by atoms with Gasteiger partial charge in [0.2, 0.25) is 0 Å². The Bertz CT molecular complexity index is 597. The molecule has 0 fully saturated rings. The van der Waals surface area contributed by atoms with Crippen LogP contribution in [0, 0.1) is 6.92 Å². The van der Waals surface area contributed by atoms with E-state index < -0.39 is 0 Å². The van der Waals surface area contributed by atoms with Crippen molar-refractivity contribution in [1.29, 1.82) is 0 Å². The minimum Gasteiger partial charge on any atom is -0.486 e. The molecule has 0 aliphatic heterocycles. The average Bonchev–Trinajstić information content (AvgIpc) is 2.39. The van der Waals surface area contributed by atoms with E-state index in [4.69, 9.17) is 4.74 Å². The van der Waals surface area contributed by atoms with Gasteiger partial charge in [-0.3, -0.25) is 9.78 Å². The van der Waals surface area contributed by atoms with Gasteiger partial charge in [-0.05, 0) is 52.7 Å². The topological polar surface area (TPSA) is 39.2 Å². The maximum Gasteiger partial charge on any atom is 0.153 e. The SMILES string of the molecule is Cc1cc(Br)cc(C=O)c1OCc1ccc(Br)cn1. The van der Waals surface area contributed by atoms with Crippen molar-refractivity contribution in [2.45, 2.75) is 13.5 Å². The van der Waals surface area contributed by atoms with Gasteiger partial charge in [0.05, 0.1) is 11.3 Å². The zero-order chi connectivity index (χ0) is 13.8. The molecule has 1 heterocycles. The Morgan fingerprint density at radius 2 is 2.05 bits per heavy atom. The molecule has 0 aliphatic carbocycles. The number of rotatable bonds is 4. The highest BCUT2D eigenvalue weighted by molar-refractivity contribution is 9.10. The molecule has 0 atom stereocenters. The van der Waals surface area contributed by atoms with E-state index >= 15 is 0 Å². The summed E-state index contributed by atoms with van der Waals surface area (Å²) in [6.07, 6.45) is 2.51. The highest BCUT2D eigenvalue weighted by atomic mass is 79.9. The van der Waals surface area contributed by atoms with Crippen molar-refractivity contribution in [2.24, 2.45) is 0 Å². The number of aryl methyl sites for hydroxylation is 1. The summed E-state index contributed by atoms with van der Waals surface area (Å²) in [7, 11) is 0. The molecule has 5 heteroatoms. The molecule has 0 spiro atoms. The lowest BCUT2D eigenvalue weighted by Crippen LogP contribution is -2.02. The fourth-order valence-corrected chi connectivity index (χ4v) is 2.50. The predicted octanol–water partition coefficient (Wildman–Crippen LogP) is 4.31. The van der Waals surface area contributed by atoms with Crippen LogP contribution in [0.15, 0.2) is 39.4 Å². The monoisotopic (exact) mass is 383 g/mol. The van der Waals surface area contributed by atoms with Crippen LogP contribution in [0.1, 0.15) is 21.6 Å².